The lowest BCUT2D eigenvalue weighted by molar-refractivity contribution is 0.677. The zero-order valence-corrected chi connectivity index (χ0v) is 17.3. The lowest BCUT2D eigenvalue weighted by Crippen LogP contribution is -2.36. The third-order valence-corrected chi connectivity index (χ3v) is 5.23. The van der Waals surface area contributed by atoms with E-state index in [1.165, 1.54) is 22.4 Å². The van der Waals surface area contributed by atoms with Gasteiger partial charge in [-0.3, -0.25) is 9.67 Å². The summed E-state index contributed by atoms with van der Waals surface area (Å²) >= 11 is 0. The summed E-state index contributed by atoms with van der Waals surface area (Å²) in [4.78, 5) is 6.73. The molecule has 0 aliphatic carbocycles. The number of guanidine groups is 1. The van der Waals surface area contributed by atoms with Crippen molar-refractivity contribution in [3.05, 3.63) is 95.8 Å². The Kier molecular flexibility index (Phi) is 6.44. The van der Waals surface area contributed by atoms with Gasteiger partial charge in [-0.2, -0.15) is 5.10 Å². The van der Waals surface area contributed by atoms with E-state index in [4.69, 9.17) is 0 Å². The van der Waals surface area contributed by atoms with E-state index in [2.05, 4.69) is 86.3 Å². The van der Waals surface area contributed by atoms with Crippen molar-refractivity contribution >= 4 is 11.6 Å². The molecule has 4 rings (SSSR count). The van der Waals surface area contributed by atoms with Gasteiger partial charge in [0.25, 0.3) is 0 Å². The highest BCUT2D eigenvalue weighted by atomic mass is 15.3. The Bertz CT molecular complexity index is 998. The maximum Gasteiger partial charge on any atom is 0.191 e. The van der Waals surface area contributed by atoms with E-state index in [0.717, 1.165) is 32.1 Å². The van der Waals surface area contributed by atoms with Crippen LogP contribution >= 0.6 is 0 Å². The van der Waals surface area contributed by atoms with Crippen LogP contribution in [0.15, 0.2) is 84.1 Å². The Balaban J connectivity index is 1.33. The Hall–Kier alpha value is -3.54. The number of rotatable bonds is 7. The van der Waals surface area contributed by atoms with Gasteiger partial charge in [0.05, 0.1) is 6.54 Å². The van der Waals surface area contributed by atoms with Gasteiger partial charge in [-0.15, -0.1) is 0 Å². The molecule has 0 spiro atoms. The van der Waals surface area contributed by atoms with Gasteiger partial charge in [0.15, 0.2) is 5.96 Å². The van der Waals surface area contributed by atoms with Crippen LogP contribution < -0.4 is 15.5 Å². The molecule has 2 aromatic carbocycles. The van der Waals surface area contributed by atoms with Gasteiger partial charge in [0.1, 0.15) is 0 Å². The minimum atomic E-state index is 0.705. The van der Waals surface area contributed by atoms with Crippen LogP contribution in [0.2, 0.25) is 0 Å². The number of hydrogen-bond acceptors (Lipinski definition) is 3. The van der Waals surface area contributed by atoms with Gasteiger partial charge >= 0.3 is 0 Å². The summed E-state index contributed by atoms with van der Waals surface area (Å²) in [6, 6.07) is 19.0. The molecule has 6 heteroatoms. The molecule has 6 nitrogen and oxygen atoms in total. The van der Waals surface area contributed by atoms with E-state index in [0.29, 0.717) is 6.54 Å². The Labute approximate surface area is 177 Å². The van der Waals surface area contributed by atoms with E-state index >= 15 is 0 Å². The van der Waals surface area contributed by atoms with Gasteiger partial charge < -0.3 is 15.5 Å². The first-order chi connectivity index (χ1) is 14.8. The minimum absolute atomic E-state index is 0.705. The van der Waals surface area contributed by atoms with Crippen LogP contribution in [0.25, 0.3) is 0 Å². The molecule has 30 heavy (non-hydrogen) atoms. The minimum Gasteiger partial charge on any atom is -0.364 e. The van der Waals surface area contributed by atoms with Crippen molar-refractivity contribution in [1.82, 2.24) is 20.4 Å². The lowest BCUT2D eigenvalue weighted by atomic mass is 10.1. The molecule has 0 radical (unpaired) electrons. The van der Waals surface area contributed by atoms with Crippen LogP contribution in [-0.4, -0.2) is 35.9 Å². The first kappa shape index (κ1) is 19.8. The summed E-state index contributed by atoms with van der Waals surface area (Å²) in [6.07, 6.45) is 8.21. The fourth-order valence-electron chi connectivity index (χ4n) is 3.59. The number of nitrogens with one attached hydrogen (secondary N) is 2. The standard InChI is InChI=1S/C24H28N6/c1-25-24(26-17-20-8-6-11-23(16-20)29-13-4-5-14-29)27-18-21-9-2-3-10-22(21)19-30-15-7-12-28-30/h2-12,15-16H,13-14,17-19H2,1H3,(H2,25,26,27). The molecule has 0 fully saturated rings. The third-order valence-electron chi connectivity index (χ3n) is 5.23. The molecular formula is C24H28N6. The molecule has 0 bridgehead atoms. The molecule has 1 aliphatic rings. The smallest absolute Gasteiger partial charge is 0.191 e. The largest absolute Gasteiger partial charge is 0.364 e. The number of hydrogen-bond donors (Lipinski definition) is 2. The van der Waals surface area contributed by atoms with Crippen molar-refractivity contribution in [2.24, 2.45) is 4.99 Å². The molecular weight excluding hydrogens is 372 g/mol. The molecule has 0 saturated carbocycles. The molecule has 3 aromatic rings. The number of nitrogens with zero attached hydrogens (tertiary/aromatic N) is 4. The molecule has 0 amide bonds. The number of benzene rings is 2. The number of anilines is 1. The number of aliphatic imine (C=N–C) groups is 1. The summed E-state index contributed by atoms with van der Waals surface area (Å²) < 4.78 is 1.94. The van der Waals surface area contributed by atoms with Gasteiger partial charge in [0, 0.05) is 51.3 Å². The predicted octanol–water partition coefficient (Wildman–Crippen LogP) is 3.17. The topological polar surface area (TPSA) is 57.5 Å². The third kappa shape index (κ3) is 5.08. The van der Waals surface area contributed by atoms with Crippen molar-refractivity contribution in [3.8, 4) is 0 Å². The quantitative estimate of drug-likeness (QED) is 0.363. The SMILES string of the molecule is CN=C(NCc1cccc(N2CC=CC2)c1)NCc1ccccc1Cn1cccn1. The molecule has 2 heterocycles. The second-order valence-corrected chi connectivity index (χ2v) is 7.30. The lowest BCUT2D eigenvalue weighted by Gasteiger charge is -2.19. The van der Waals surface area contributed by atoms with Crippen LogP contribution in [0, 0.1) is 0 Å². The Morgan fingerprint density at radius 3 is 2.53 bits per heavy atom. The van der Waals surface area contributed by atoms with E-state index in [1.807, 2.05) is 23.1 Å². The zero-order chi connectivity index (χ0) is 20.6. The predicted molar refractivity (Wildman–Crippen MR) is 123 cm³/mol. The van der Waals surface area contributed by atoms with Crippen LogP contribution in [0.1, 0.15) is 16.7 Å². The summed E-state index contributed by atoms with van der Waals surface area (Å²) in [5.41, 5.74) is 4.98. The highest BCUT2D eigenvalue weighted by Crippen LogP contribution is 2.18. The highest BCUT2D eigenvalue weighted by molar-refractivity contribution is 5.79. The van der Waals surface area contributed by atoms with E-state index in [9.17, 15) is 0 Å². The van der Waals surface area contributed by atoms with Crippen molar-refractivity contribution in [2.75, 3.05) is 25.0 Å². The maximum absolute atomic E-state index is 4.38. The molecule has 2 N–H and O–H groups in total. The van der Waals surface area contributed by atoms with Gasteiger partial charge in [-0.05, 0) is 34.9 Å². The van der Waals surface area contributed by atoms with Crippen molar-refractivity contribution in [2.45, 2.75) is 19.6 Å². The van der Waals surface area contributed by atoms with Gasteiger partial charge in [-0.25, -0.2) is 0 Å². The normalized spacial score (nSPS) is 13.6. The molecule has 154 valence electrons. The first-order valence-electron chi connectivity index (χ1n) is 10.3. The fraction of sp³-hybridized carbons (Fsp3) is 0.250. The second-order valence-electron chi connectivity index (χ2n) is 7.30. The molecule has 1 aliphatic heterocycles. The highest BCUT2D eigenvalue weighted by Gasteiger charge is 2.08. The van der Waals surface area contributed by atoms with Crippen LogP contribution in [-0.2, 0) is 19.6 Å². The van der Waals surface area contributed by atoms with E-state index in [1.54, 1.807) is 7.05 Å². The molecule has 0 atom stereocenters. The van der Waals surface area contributed by atoms with E-state index < -0.39 is 0 Å². The summed E-state index contributed by atoms with van der Waals surface area (Å²) in [5.74, 6) is 0.789. The molecule has 0 saturated heterocycles. The number of aromatic nitrogens is 2. The summed E-state index contributed by atoms with van der Waals surface area (Å²) in [7, 11) is 1.80. The second kappa shape index (κ2) is 9.78. The fourth-order valence-corrected chi connectivity index (χ4v) is 3.59. The Morgan fingerprint density at radius 2 is 1.77 bits per heavy atom. The monoisotopic (exact) mass is 400 g/mol. The van der Waals surface area contributed by atoms with Gasteiger partial charge in [0.2, 0.25) is 0 Å². The maximum atomic E-state index is 4.38. The van der Waals surface area contributed by atoms with Crippen LogP contribution in [0.3, 0.4) is 0 Å². The first-order valence-corrected chi connectivity index (χ1v) is 10.3. The van der Waals surface area contributed by atoms with Crippen molar-refractivity contribution in [1.29, 1.82) is 0 Å². The summed E-state index contributed by atoms with van der Waals surface area (Å²) in [5, 5.41) is 11.2. The molecule has 1 aromatic heterocycles. The van der Waals surface area contributed by atoms with Gasteiger partial charge in [-0.1, -0.05) is 48.6 Å². The zero-order valence-electron chi connectivity index (χ0n) is 17.3. The van der Waals surface area contributed by atoms with Crippen molar-refractivity contribution in [3.63, 3.8) is 0 Å². The van der Waals surface area contributed by atoms with E-state index in [-0.39, 0.29) is 0 Å². The average Bonchev–Trinajstić information content (AvgIpc) is 3.50. The summed E-state index contributed by atoms with van der Waals surface area (Å²) in [6.45, 7) is 4.16. The Morgan fingerprint density at radius 1 is 0.967 bits per heavy atom. The molecule has 0 unspecified atom stereocenters. The van der Waals surface area contributed by atoms with Crippen LogP contribution in [0.4, 0.5) is 5.69 Å². The average molecular weight is 401 g/mol. The van der Waals surface area contributed by atoms with Crippen LogP contribution in [0.5, 0.6) is 0 Å². The van der Waals surface area contributed by atoms with Crippen molar-refractivity contribution < 1.29 is 0 Å².